The van der Waals surface area contributed by atoms with Crippen molar-refractivity contribution in [1.29, 1.82) is 0 Å². The first kappa shape index (κ1) is 14.8. The van der Waals surface area contributed by atoms with Crippen LogP contribution in [0, 0.1) is 13.8 Å². The van der Waals surface area contributed by atoms with E-state index in [9.17, 15) is 9.59 Å². The van der Waals surface area contributed by atoms with Crippen LogP contribution in [-0.4, -0.2) is 11.8 Å². The number of amides is 2. The average Bonchev–Trinajstić information content (AvgIpc) is 2.42. The molecule has 0 heterocycles. The third-order valence-electron chi connectivity index (χ3n) is 3.12. The molecule has 0 unspecified atom stereocenters. The molecule has 0 fully saturated rings. The number of carbonyl (C=O) groups is 2. The van der Waals surface area contributed by atoms with Crippen molar-refractivity contribution in [2.75, 3.05) is 10.6 Å². The largest absolute Gasteiger partial charge is 0.326 e. The van der Waals surface area contributed by atoms with Crippen molar-refractivity contribution in [1.82, 2.24) is 0 Å². The highest BCUT2D eigenvalue weighted by Crippen LogP contribution is 2.20. The van der Waals surface area contributed by atoms with Crippen LogP contribution in [0.3, 0.4) is 0 Å². The van der Waals surface area contributed by atoms with Gasteiger partial charge in [0.05, 0.1) is 11.3 Å². The van der Waals surface area contributed by atoms with Gasteiger partial charge in [0.25, 0.3) is 5.91 Å². The molecule has 0 bridgehead atoms. The predicted molar refractivity (Wildman–Crippen MR) is 84.6 cm³/mol. The van der Waals surface area contributed by atoms with E-state index in [-0.39, 0.29) is 11.8 Å². The summed E-state index contributed by atoms with van der Waals surface area (Å²) in [7, 11) is 0. The molecule has 0 aliphatic heterocycles. The van der Waals surface area contributed by atoms with Crippen molar-refractivity contribution in [3.63, 3.8) is 0 Å². The number of rotatable bonds is 3. The van der Waals surface area contributed by atoms with E-state index in [1.54, 1.807) is 24.3 Å². The minimum atomic E-state index is -0.243. The van der Waals surface area contributed by atoms with Crippen LogP contribution in [0.1, 0.15) is 28.4 Å². The number of carbonyl (C=O) groups excluding carboxylic acids is 2. The van der Waals surface area contributed by atoms with E-state index in [1.165, 1.54) is 6.92 Å². The molecular formula is C17H18N2O2. The van der Waals surface area contributed by atoms with Crippen LogP contribution in [0.2, 0.25) is 0 Å². The van der Waals surface area contributed by atoms with Gasteiger partial charge in [0, 0.05) is 12.6 Å². The van der Waals surface area contributed by atoms with Crippen molar-refractivity contribution < 1.29 is 9.59 Å². The monoisotopic (exact) mass is 282 g/mol. The highest BCUT2D eigenvalue weighted by Gasteiger charge is 2.13. The lowest BCUT2D eigenvalue weighted by Crippen LogP contribution is -2.17. The van der Waals surface area contributed by atoms with Gasteiger partial charge in [-0.2, -0.15) is 0 Å². The van der Waals surface area contributed by atoms with Crippen LogP contribution in [0.15, 0.2) is 42.5 Å². The Morgan fingerprint density at radius 1 is 0.905 bits per heavy atom. The molecule has 2 N–H and O–H groups in total. The number of para-hydroxylation sites is 1. The Labute approximate surface area is 124 Å². The molecule has 2 aromatic rings. The standard InChI is InChI=1S/C17H18N2O2/c1-11-8-9-12(2)16(10-11)19-17(21)14-6-4-5-7-15(14)18-13(3)20/h4-10H,1-3H3,(H,18,20)(H,19,21). The fraction of sp³-hybridized carbons (Fsp3) is 0.176. The second kappa shape index (κ2) is 6.22. The Kier molecular flexibility index (Phi) is 4.38. The van der Waals surface area contributed by atoms with E-state index in [1.807, 2.05) is 32.0 Å². The van der Waals surface area contributed by atoms with E-state index in [0.29, 0.717) is 11.3 Å². The number of hydrogen-bond donors (Lipinski definition) is 2. The number of nitrogens with one attached hydrogen (secondary N) is 2. The van der Waals surface area contributed by atoms with Gasteiger partial charge in [-0.3, -0.25) is 9.59 Å². The van der Waals surface area contributed by atoms with Gasteiger partial charge in [-0.1, -0.05) is 24.3 Å². The molecule has 2 rings (SSSR count). The number of anilines is 2. The van der Waals surface area contributed by atoms with Crippen LogP contribution in [0.5, 0.6) is 0 Å². The van der Waals surface area contributed by atoms with Gasteiger partial charge in [-0.05, 0) is 43.2 Å². The lowest BCUT2D eigenvalue weighted by atomic mass is 10.1. The summed E-state index contributed by atoms with van der Waals surface area (Å²) >= 11 is 0. The van der Waals surface area contributed by atoms with Crippen LogP contribution in [-0.2, 0) is 4.79 Å². The highest BCUT2D eigenvalue weighted by atomic mass is 16.2. The van der Waals surface area contributed by atoms with Gasteiger partial charge >= 0.3 is 0 Å². The molecule has 0 aliphatic carbocycles. The van der Waals surface area contributed by atoms with Crippen molar-refractivity contribution in [2.45, 2.75) is 20.8 Å². The molecule has 0 aromatic heterocycles. The quantitative estimate of drug-likeness (QED) is 0.905. The Hall–Kier alpha value is -2.62. The van der Waals surface area contributed by atoms with Crippen LogP contribution >= 0.6 is 0 Å². The molecule has 0 saturated heterocycles. The third kappa shape index (κ3) is 3.69. The predicted octanol–water partition coefficient (Wildman–Crippen LogP) is 3.51. The van der Waals surface area contributed by atoms with Crippen molar-refractivity contribution >= 4 is 23.2 Å². The minimum absolute atomic E-state index is 0.206. The van der Waals surface area contributed by atoms with Crippen LogP contribution < -0.4 is 10.6 Å². The van der Waals surface area contributed by atoms with E-state index < -0.39 is 0 Å². The summed E-state index contributed by atoms with van der Waals surface area (Å²) in [6, 6.07) is 12.8. The number of hydrogen-bond acceptors (Lipinski definition) is 2. The van der Waals surface area contributed by atoms with Crippen molar-refractivity contribution in [2.24, 2.45) is 0 Å². The van der Waals surface area contributed by atoms with Crippen molar-refractivity contribution in [3.05, 3.63) is 59.2 Å². The smallest absolute Gasteiger partial charge is 0.257 e. The number of aryl methyl sites for hydroxylation is 2. The first-order chi connectivity index (χ1) is 9.97. The normalized spacial score (nSPS) is 10.0. The molecule has 0 aliphatic rings. The summed E-state index contributed by atoms with van der Waals surface area (Å²) in [6.07, 6.45) is 0. The first-order valence-corrected chi connectivity index (χ1v) is 6.72. The lowest BCUT2D eigenvalue weighted by molar-refractivity contribution is -0.114. The van der Waals surface area contributed by atoms with E-state index in [0.717, 1.165) is 16.8 Å². The maximum absolute atomic E-state index is 12.4. The summed E-state index contributed by atoms with van der Waals surface area (Å²) in [6.45, 7) is 5.33. The molecule has 2 amide bonds. The Bertz CT molecular complexity index is 693. The van der Waals surface area contributed by atoms with E-state index >= 15 is 0 Å². The zero-order chi connectivity index (χ0) is 15.4. The SMILES string of the molecule is CC(=O)Nc1ccccc1C(=O)Nc1cc(C)ccc1C. The molecule has 0 saturated carbocycles. The van der Waals surface area contributed by atoms with Gasteiger partial charge in [-0.15, -0.1) is 0 Å². The zero-order valence-corrected chi connectivity index (χ0v) is 12.4. The summed E-state index contributed by atoms with van der Waals surface area (Å²) < 4.78 is 0. The molecular weight excluding hydrogens is 264 g/mol. The molecule has 0 radical (unpaired) electrons. The van der Waals surface area contributed by atoms with Crippen molar-refractivity contribution in [3.8, 4) is 0 Å². The summed E-state index contributed by atoms with van der Waals surface area (Å²) in [5, 5.41) is 5.56. The maximum atomic E-state index is 12.4. The molecule has 0 atom stereocenters. The summed E-state index contributed by atoms with van der Waals surface area (Å²) in [5.41, 5.74) is 3.79. The fourth-order valence-corrected chi connectivity index (χ4v) is 2.04. The average molecular weight is 282 g/mol. The fourth-order valence-electron chi connectivity index (χ4n) is 2.04. The first-order valence-electron chi connectivity index (χ1n) is 6.72. The van der Waals surface area contributed by atoms with Gasteiger partial charge in [0.1, 0.15) is 0 Å². The molecule has 21 heavy (non-hydrogen) atoms. The Morgan fingerprint density at radius 3 is 2.33 bits per heavy atom. The van der Waals surface area contributed by atoms with Gasteiger partial charge < -0.3 is 10.6 Å². The highest BCUT2D eigenvalue weighted by molar-refractivity contribution is 6.10. The minimum Gasteiger partial charge on any atom is -0.326 e. The second-order valence-electron chi connectivity index (χ2n) is 5.00. The molecule has 108 valence electrons. The lowest BCUT2D eigenvalue weighted by Gasteiger charge is -2.12. The van der Waals surface area contributed by atoms with Crippen LogP contribution in [0.4, 0.5) is 11.4 Å². The van der Waals surface area contributed by atoms with E-state index in [4.69, 9.17) is 0 Å². The van der Waals surface area contributed by atoms with Gasteiger partial charge in [-0.25, -0.2) is 0 Å². The topological polar surface area (TPSA) is 58.2 Å². The Morgan fingerprint density at radius 2 is 1.62 bits per heavy atom. The zero-order valence-electron chi connectivity index (χ0n) is 12.4. The van der Waals surface area contributed by atoms with E-state index in [2.05, 4.69) is 10.6 Å². The van der Waals surface area contributed by atoms with Gasteiger partial charge in [0.15, 0.2) is 0 Å². The second-order valence-corrected chi connectivity index (χ2v) is 5.00. The molecule has 0 spiro atoms. The molecule has 4 heteroatoms. The third-order valence-corrected chi connectivity index (χ3v) is 3.12. The number of benzene rings is 2. The molecule has 4 nitrogen and oxygen atoms in total. The Balaban J connectivity index is 2.28. The van der Waals surface area contributed by atoms with Crippen LogP contribution in [0.25, 0.3) is 0 Å². The molecule has 2 aromatic carbocycles. The maximum Gasteiger partial charge on any atom is 0.257 e. The summed E-state index contributed by atoms with van der Waals surface area (Å²) in [4.78, 5) is 23.6. The van der Waals surface area contributed by atoms with Gasteiger partial charge in [0.2, 0.25) is 5.91 Å². The summed E-state index contributed by atoms with van der Waals surface area (Å²) in [5.74, 6) is -0.449.